The van der Waals surface area contributed by atoms with Crippen molar-refractivity contribution < 1.29 is 9.47 Å². The van der Waals surface area contributed by atoms with Crippen LogP contribution in [0.2, 0.25) is 5.02 Å². The molecule has 0 aliphatic heterocycles. The molecule has 0 amide bonds. The molecule has 160 valence electrons. The van der Waals surface area contributed by atoms with Crippen molar-refractivity contribution in [1.29, 1.82) is 0 Å². The first-order valence-electron chi connectivity index (χ1n) is 10.6. The lowest BCUT2D eigenvalue weighted by Crippen LogP contribution is -2.09. The molecule has 3 aromatic carbocycles. The number of aromatic nitrogens is 2. The van der Waals surface area contributed by atoms with E-state index in [1.165, 1.54) is 5.56 Å². The predicted octanol–water partition coefficient (Wildman–Crippen LogP) is 6.74. The first-order chi connectivity index (χ1) is 15.1. The summed E-state index contributed by atoms with van der Waals surface area (Å²) in [5, 5.41) is 0.764. The quantitative estimate of drug-likeness (QED) is 0.273. The minimum absolute atomic E-state index is 0.443. The third kappa shape index (κ3) is 5.39. The van der Waals surface area contributed by atoms with Crippen molar-refractivity contribution in [3.05, 3.63) is 88.7 Å². The zero-order chi connectivity index (χ0) is 21.6. The van der Waals surface area contributed by atoms with Gasteiger partial charge < -0.3 is 14.0 Å². The standard InChI is InChI=1S/C26H27ClN2O2/c1-19-8-7-9-21(16-19)31-18-26-28-24-10-3-4-11-25(24)29(26)14-5-6-15-30-22-12-13-23(27)20(2)17-22/h3-4,7-13,16-17H,5-6,14-15,18H2,1-2H3. The summed E-state index contributed by atoms with van der Waals surface area (Å²) in [7, 11) is 0. The summed E-state index contributed by atoms with van der Waals surface area (Å²) in [4.78, 5) is 4.81. The van der Waals surface area contributed by atoms with E-state index in [1.807, 2.05) is 55.5 Å². The SMILES string of the molecule is Cc1cccc(OCc2nc3ccccc3n2CCCCOc2ccc(Cl)c(C)c2)c1. The Kier molecular flexibility index (Phi) is 6.78. The Morgan fingerprint density at radius 3 is 2.55 bits per heavy atom. The normalized spacial score (nSPS) is 11.1. The van der Waals surface area contributed by atoms with Gasteiger partial charge in [0.1, 0.15) is 23.9 Å². The van der Waals surface area contributed by atoms with Crippen LogP contribution in [-0.4, -0.2) is 16.2 Å². The molecule has 0 aliphatic carbocycles. The van der Waals surface area contributed by atoms with Gasteiger partial charge in [-0.15, -0.1) is 0 Å². The van der Waals surface area contributed by atoms with Gasteiger partial charge in [-0.3, -0.25) is 0 Å². The summed E-state index contributed by atoms with van der Waals surface area (Å²) in [5.41, 5.74) is 4.35. The fraction of sp³-hybridized carbons (Fsp3) is 0.269. The average Bonchev–Trinajstić information content (AvgIpc) is 3.12. The van der Waals surface area contributed by atoms with E-state index >= 15 is 0 Å². The fourth-order valence-electron chi connectivity index (χ4n) is 3.61. The average molecular weight is 435 g/mol. The van der Waals surface area contributed by atoms with Gasteiger partial charge in [0.05, 0.1) is 17.6 Å². The van der Waals surface area contributed by atoms with E-state index in [4.69, 9.17) is 26.1 Å². The molecule has 5 heteroatoms. The molecular formula is C26H27ClN2O2. The lowest BCUT2D eigenvalue weighted by molar-refractivity contribution is 0.285. The van der Waals surface area contributed by atoms with Gasteiger partial charge in [-0.2, -0.15) is 0 Å². The molecule has 31 heavy (non-hydrogen) atoms. The van der Waals surface area contributed by atoms with Gasteiger partial charge in [0.25, 0.3) is 0 Å². The Labute approximate surface area is 188 Å². The lowest BCUT2D eigenvalue weighted by atomic mass is 10.2. The van der Waals surface area contributed by atoms with E-state index in [1.54, 1.807) is 0 Å². The van der Waals surface area contributed by atoms with Crippen LogP contribution in [0.1, 0.15) is 29.8 Å². The molecule has 0 N–H and O–H groups in total. The van der Waals surface area contributed by atoms with Gasteiger partial charge in [0.2, 0.25) is 0 Å². The number of fused-ring (bicyclic) bond motifs is 1. The first kappa shape index (κ1) is 21.3. The van der Waals surface area contributed by atoms with E-state index in [0.717, 1.165) is 58.3 Å². The molecule has 0 saturated carbocycles. The Hall–Kier alpha value is -2.98. The van der Waals surface area contributed by atoms with Crippen molar-refractivity contribution in [2.24, 2.45) is 0 Å². The number of rotatable bonds is 9. The highest BCUT2D eigenvalue weighted by molar-refractivity contribution is 6.31. The van der Waals surface area contributed by atoms with Crippen molar-refractivity contribution in [2.75, 3.05) is 6.61 Å². The Balaban J connectivity index is 1.37. The Bertz CT molecular complexity index is 1170. The zero-order valence-corrected chi connectivity index (χ0v) is 18.7. The second-order valence-corrected chi connectivity index (χ2v) is 8.15. The van der Waals surface area contributed by atoms with Crippen molar-refractivity contribution in [1.82, 2.24) is 9.55 Å². The van der Waals surface area contributed by atoms with Crippen LogP contribution in [0.25, 0.3) is 11.0 Å². The topological polar surface area (TPSA) is 36.3 Å². The van der Waals surface area contributed by atoms with Gasteiger partial charge in [-0.05, 0) is 80.3 Å². The molecule has 4 rings (SSSR count). The van der Waals surface area contributed by atoms with E-state index in [0.29, 0.717) is 13.2 Å². The Morgan fingerprint density at radius 2 is 1.71 bits per heavy atom. The van der Waals surface area contributed by atoms with Crippen LogP contribution in [0.5, 0.6) is 11.5 Å². The predicted molar refractivity (Wildman–Crippen MR) is 126 cm³/mol. The molecule has 0 radical (unpaired) electrons. The molecule has 0 unspecified atom stereocenters. The molecule has 4 aromatic rings. The molecular weight excluding hydrogens is 408 g/mol. The lowest BCUT2D eigenvalue weighted by Gasteiger charge is -2.12. The van der Waals surface area contributed by atoms with Gasteiger partial charge in [-0.25, -0.2) is 4.98 Å². The maximum absolute atomic E-state index is 6.08. The van der Waals surface area contributed by atoms with Gasteiger partial charge >= 0.3 is 0 Å². The maximum Gasteiger partial charge on any atom is 0.147 e. The van der Waals surface area contributed by atoms with Crippen LogP contribution >= 0.6 is 11.6 Å². The van der Waals surface area contributed by atoms with Crippen LogP contribution in [-0.2, 0) is 13.2 Å². The number of hydrogen-bond donors (Lipinski definition) is 0. The van der Waals surface area contributed by atoms with Crippen molar-refractivity contribution in [2.45, 2.75) is 39.8 Å². The maximum atomic E-state index is 6.08. The number of para-hydroxylation sites is 2. The Morgan fingerprint density at radius 1 is 0.871 bits per heavy atom. The molecule has 1 aromatic heterocycles. The molecule has 0 aliphatic rings. The number of benzene rings is 3. The summed E-state index contributed by atoms with van der Waals surface area (Å²) >= 11 is 6.08. The van der Waals surface area contributed by atoms with Crippen LogP contribution in [0.3, 0.4) is 0 Å². The van der Waals surface area contributed by atoms with Gasteiger partial charge in [0.15, 0.2) is 0 Å². The van der Waals surface area contributed by atoms with Crippen LogP contribution < -0.4 is 9.47 Å². The summed E-state index contributed by atoms with van der Waals surface area (Å²) in [6.45, 7) is 6.03. The minimum Gasteiger partial charge on any atom is -0.494 e. The van der Waals surface area contributed by atoms with Crippen molar-refractivity contribution >= 4 is 22.6 Å². The molecule has 0 fully saturated rings. The minimum atomic E-state index is 0.443. The molecule has 1 heterocycles. The third-order valence-corrected chi connectivity index (χ3v) is 5.69. The summed E-state index contributed by atoms with van der Waals surface area (Å²) in [6.07, 6.45) is 1.94. The summed E-state index contributed by atoms with van der Waals surface area (Å²) in [5.74, 6) is 2.67. The third-order valence-electron chi connectivity index (χ3n) is 5.27. The highest BCUT2D eigenvalue weighted by Crippen LogP contribution is 2.22. The van der Waals surface area contributed by atoms with Crippen molar-refractivity contribution in [3.8, 4) is 11.5 Å². The zero-order valence-electron chi connectivity index (χ0n) is 18.0. The highest BCUT2D eigenvalue weighted by atomic mass is 35.5. The van der Waals surface area contributed by atoms with Crippen LogP contribution in [0.15, 0.2) is 66.7 Å². The molecule has 0 spiro atoms. The molecule has 4 nitrogen and oxygen atoms in total. The van der Waals surface area contributed by atoms with Crippen LogP contribution in [0.4, 0.5) is 0 Å². The second kappa shape index (κ2) is 9.88. The molecule has 0 saturated heterocycles. The number of aryl methyl sites for hydroxylation is 3. The monoisotopic (exact) mass is 434 g/mol. The number of halogens is 1. The number of hydrogen-bond acceptors (Lipinski definition) is 3. The van der Waals surface area contributed by atoms with Crippen molar-refractivity contribution in [3.63, 3.8) is 0 Å². The summed E-state index contributed by atoms with van der Waals surface area (Å²) < 4.78 is 14.2. The molecule has 0 bridgehead atoms. The van der Waals surface area contributed by atoms with E-state index in [2.05, 4.69) is 29.7 Å². The van der Waals surface area contributed by atoms with Crippen LogP contribution in [0, 0.1) is 13.8 Å². The fourth-order valence-corrected chi connectivity index (χ4v) is 3.72. The summed E-state index contributed by atoms with van der Waals surface area (Å²) in [6, 6.07) is 22.1. The highest BCUT2D eigenvalue weighted by Gasteiger charge is 2.11. The largest absolute Gasteiger partial charge is 0.494 e. The van der Waals surface area contributed by atoms with Gasteiger partial charge in [0, 0.05) is 11.6 Å². The number of imidazole rings is 1. The second-order valence-electron chi connectivity index (χ2n) is 7.74. The number of ether oxygens (including phenoxy) is 2. The number of nitrogens with zero attached hydrogens (tertiary/aromatic N) is 2. The smallest absolute Gasteiger partial charge is 0.147 e. The molecule has 0 atom stereocenters. The van der Waals surface area contributed by atoms with E-state index < -0.39 is 0 Å². The van der Waals surface area contributed by atoms with E-state index in [-0.39, 0.29) is 0 Å². The number of unbranched alkanes of at least 4 members (excludes halogenated alkanes) is 1. The first-order valence-corrected chi connectivity index (χ1v) is 11.0. The van der Waals surface area contributed by atoms with E-state index in [9.17, 15) is 0 Å². The van der Waals surface area contributed by atoms with Gasteiger partial charge in [-0.1, -0.05) is 35.9 Å².